The molecule has 3 aromatic heterocycles. The molecule has 0 saturated heterocycles. The molecule has 1 fully saturated rings. The molecule has 0 spiro atoms. The number of nitriles is 1. The van der Waals surface area contributed by atoms with Gasteiger partial charge in [0.2, 0.25) is 0 Å². The van der Waals surface area contributed by atoms with Gasteiger partial charge in [0.25, 0.3) is 0 Å². The van der Waals surface area contributed by atoms with E-state index in [2.05, 4.69) is 26.0 Å². The first-order valence-corrected chi connectivity index (χ1v) is 13.6. The average Bonchev–Trinajstić information content (AvgIpc) is 3.59. The number of aromatic nitrogens is 6. The zero-order valence-corrected chi connectivity index (χ0v) is 22.8. The Kier molecular flexibility index (Phi) is 6.82. The Bertz CT molecular complexity index is 1870. The lowest BCUT2D eigenvalue weighted by atomic mass is 9.86. The van der Waals surface area contributed by atoms with Gasteiger partial charge in [-0.1, -0.05) is 24.3 Å². The molecule has 3 heterocycles. The second-order valence-electron chi connectivity index (χ2n) is 11.0. The second-order valence-corrected chi connectivity index (χ2v) is 11.0. The maximum Gasteiger partial charge on any atom is 0.309 e. The van der Waals surface area contributed by atoms with Crippen LogP contribution in [0.1, 0.15) is 48.7 Å². The lowest BCUT2D eigenvalue weighted by Crippen LogP contribution is -2.24. The third kappa shape index (κ3) is 4.92. The highest BCUT2D eigenvalue weighted by Gasteiger charge is 2.41. The van der Waals surface area contributed by atoms with Crippen molar-refractivity contribution in [2.45, 2.75) is 39.0 Å². The van der Waals surface area contributed by atoms with Gasteiger partial charge in [-0.25, -0.2) is 28.8 Å². The topological polar surface area (TPSA) is 156 Å². The van der Waals surface area contributed by atoms with E-state index in [9.17, 15) is 15.2 Å². The van der Waals surface area contributed by atoms with Crippen molar-refractivity contribution in [3.8, 4) is 28.7 Å². The van der Waals surface area contributed by atoms with Crippen molar-refractivity contribution in [3.63, 3.8) is 0 Å². The zero-order valence-electron chi connectivity index (χ0n) is 22.8. The van der Waals surface area contributed by atoms with Crippen LogP contribution in [-0.2, 0) is 17.6 Å². The maximum absolute atomic E-state index is 15.3. The van der Waals surface area contributed by atoms with E-state index in [1.165, 1.54) is 12.4 Å². The van der Waals surface area contributed by atoms with Crippen molar-refractivity contribution in [2.75, 3.05) is 5.73 Å². The van der Waals surface area contributed by atoms with E-state index in [0.29, 0.717) is 64.5 Å². The third-order valence-electron chi connectivity index (χ3n) is 8.06. The van der Waals surface area contributed by atoms with Crippen LogP contribution < -0.4 is 5.73 Å². The molecule has 11 heteroatoms. The number of hydrogen-bond acceptors (Lipinski definition) is 8. The lowest BCUT2D eigenvalue weighted by molar-refractivity contribution is -0.147. The summed E-state index contributed by atoms with van der Waals surface area (Å²) in [7, 11) is 0. The number of carbonyl (C=O) groups is 1. The number of nitrogens with zero attached hydrogens (tertiary/aromatic N) is 7. The van der Waals surface area contributed by atoms with Crippen LogP contribution in [0.15, 0.2) is 61.1 Å². The van der Waals surface area contributed by atoms with Gasteiger partial charge in [0, 0.05) is 18.2 Å². The van der Waals surface area contributed by atoms with Gasteiger partial charge in [-0.05, 0) is 73.9 Å². The number of carboxylic acids is 1. The Hall–Kier alpha value is -5.24. The Morgan fingerprint density at radius 1 is 1.24 bits per heavy atom. The summed E-state index contributed by atoms with van der Waals surface area (Å²) < 4.78 is 16.8. The molecule has 3 N–H and O–H groups in total. The summed E-state index contributed by atoms with van der Waals surface area (Å²) in [6.45, 7) is 1.78. The summed E-state index contributed by atoms with van der Waals surface area (Å²) in [6.07, 6.45) is 5.60. The van der Waals surface area contributed by atoms with Gasteiger partial charge in [0.05, 0.1) is 22.7 Å². The molecule has 1 aliphatic rings. The van der Waals surface area contributed by atoms with E-state index in [4.69, 9.17) is 10.8 Å². The van der Waals surface area contributed by atoms with E-state index in [1.807, 2.05) is 12.1 Å². The second kappa shape index (κ2) is 10.6. The van der Waals surface area contributed by atoms with Crippen molar-refractivity contribution < 1.29 is 14.3 Å². The third-order valence-corrected chi connectivity index (χ3v) is 8.06. The molecule has 0 aliphatic heterocycles. The Morgan fingerprint density at radius 3 is 2.81 bits per heavy atom. The molecule has 1 aliphatic carbocycles. The van der Waals surface area contributed by atoms with E-state index in [-0.39, 0.29) is 24.0 Å². The molecule has 210 valence electrons. The number of rotatable bonds is 7. The molecule has 10 nitrogen and oxygen atoms in total. The van der Waals surface area contributed by atoms with Gasteiger partial charge in [-0.15, -0.1) is 0 Å². The highest BCUT2D eigenvalue weighted by atomic mass is 19.1. The minimum absolute atomic E-state index is 0.106. The van der Waals surface area contributed by atoms with E-state index >= 15 is 4.39 Å². The predicted molar refractivity (Wildman–Crippen MR) is 152 cm³/mol. The summed E-state index contributed by atoms with van der Waals surface area (Å²) >= 11 is 0. The van der Waals surface area contributed by atoms with Crippen LogP contribution in [0.2, 0.25) is 0 Å². The van der Waals surface area contributed by atoms with Gasteiger partial charge >= 0.3 is 5.97 Å². The normalized spacial score (nSPS) is 18.3. The molecule has 1 unspecified atom stereocenters. The van der Waals surface area contributed by atoms with Crippen molar-refractivity contribution in [2.24, 2.45) is 11.3 Å². The van der Waals surface area contributed by atoms with Crippen LogP contribution in [0, 0.1) is 28.5 Å². The highest BCUT2D eigenvalue weighted by Crippen LogP contribution is 2.43. The summed E-state index contributed by atoms with van der Waals surface area (Å²) in [4.78, 5) is 29.5. The average molecular weight is 563 g/mol. The molecule has 42 heavy (non-hydrogen) atoms. The Morgan fingerprint density at radius 2 is 2.07 bits per heavy atom. The Labute approximate surface area is 240 Å². The summed E-state index contributed by atoms with van der Waals surface area (Å²) in [6, 6.07) is 15.8. The zero-order chi connectivity index (χ0) is 29.4. The van der Waals surface area contributed by atoms with Gasteiger partial charge in [-0.3, -0.25) is 4.79 Å². The van der Waals surface area contributed by atoms with Crippen LogP contribution >= 0.6 is 0 Å². The lowest BCUT2D eigenvalue weighted by Gasteiger charge is -2.19. The minimum atomic E-state index is -0.789. The summed E-state index contributed by atoms with van der Waals surface area (Å²) in [5, 5.41) is 23.8. The maximum atomic E-state index is 15.3. The van der Waals surface area contributed by atoms with Crippen molar-refractivity contribution in [3.05, 3.63) is 89.4 Å². The van der Waals surface area contributed by atoms with Crippen molar-refractivity contribution in [1.29, 1.82) is 5.26 Å². The first-order chi connectivity index (χ1) is 20.3. The van der Waals surface area contributed by atoms with Gasteiger partial charge in [0.15, 0.2) is 17.3 Å². The van der Waals surface area contributed by atoms with Gasteiger partial charge in [-0.2, -0.15) is 10.4 Å². The van der Waals surface area contributed by atoms with Gasteiger partial charge in [0.1, 0.15) is 23.5 Å². The van der Waals surface area contributed by atoms with Crippen LogP contribution in [-0.4, -0.2) is 40.6 Å². The fourth-order valence-electron chi connectivity index (χ4n) is 5.87. The summed E-state index contributed by atoms with van der Waals surface area (Å²) in [5.74, 6) is -0.563. The minimum Gasteiger partial charge on any atom is -0.481 e. The standard InChI is InChI=1S/C31H27FN8O2/c1-31(30(41)42)10-8-18(15-31)12-20-5-3-7-23(32)22(20)14-25-37-29-28(34)38-26(21-6-2-4-19(13-21)16-33)27(40(29)39-25)24-9-11-35-17-36-24/h2-7,9,11,13,17-18H,8,10,12,14-15H2,1H3,(H2,34,38)(H,41,42)/t18?,31-/m1/s1. The number of fused-ring (bicyclic) bond motifs is 1. The fraction of sp³-hybridized carbons (Fsp3) is 0.258. The monoisotopic (exact) mass is 562 g/mol. The largest absolute Gasteiger partial charge is 0.481 e. The van der Waals surface area contributed by atoms with Crippen LogP contribution in [0.25, 0.3) is 28.3 Å². The molecule has 5 aromatic rings. The number of nitrogen functional groups attached to an aromatic ring is 1. The van der Waals surface area contributed by atoms with E-state index in [1.54, 1.807) is 48.0 Å². The highest BCUT2D eigenvalue weighted by molar-refractivity contribution is 5.81. The number of aliphatic carboxylic acids is 1. The van der Waals surface area contributed by atoms with E-state index < -0.39 is 11.4 Å². The Balaban J connectivity index is 1.42. The summed E-state index contributed by atoms with van der Waals surface area (Å²) in [5.41, 5.74) is 9.79. The predicted octanol–water partition coefficient (Wildman–Crippen LogP) is 4.87. The molecule has 0 amide bonds. The number of halogens is 1. The van der Waals surface area contributed by atoms with Crippen LogP contribution in [0.5, 0.6) is 0 Å². The number of anilines is 1. The first kappa shape index (κ1) is 27.0. The first-order valence-electron chi connectivity index (χ1n) is 13.6. The molecule has 0 radical (unpaired) electrons. The molecule has 6 rings (SSSR count). The molecule has 1 saturated carbocycles. The number of hydrogen-bond donors (Lipinski definition) is 2. The molecular formula is C31H27FN8O2. The number of carboxylic acid groups (broad SMARTS) is 1. The molecule has 0 bridgehead atoms. The van der Waals surface area contributed by atoms with E-state index in [0.717, 1.165) is 12.0 Å². The fourth-order valence-corrected chi connectivity index (χ4v) is 5.87. The van der Waals surface area contributed by atoms with Gasteiger partial charge < -0.3 is 10.8 Å². The smallest absolute Gasteiger partial charge is 0.309 e. The van der Waals surface area contributed by atoms with Crippen LogP contribution in [0.3, 0.4) is 0 Å². The molecular weight excluding hydrogens is 535 g/mol. The number of nitrogens with two attached hydrogens (primary N) is 1. The van der Waals surface area contributed by atoms with Crippen molar-refractivity contribution >= 4 is 17.4 Å². The van der Waals surface area contributed by atoms with Crippen LogP contribution in [0.4, 0.5) is 10.2 Å². The van der Waals surface area contributed by atoms with Crippen molar-refractivity contribution in [1.82, 2.24) is 29.5 Å². The quantitative estimate of drug-likeness (QED) is 0.283. The molecule has 2 aromatic carbocycles. The molecule has 2 atom stereocenters. The number of benzene rings is 2. The SMILES string of the molecule is C[C@@]1(C(=O)O)CCC(Cc2cccc(F)c2Cc2nc3c(N)nc(-c4cccc(C#N)c4)c(-c4ccncn4)n3n2)C1.